The third-order valence-corrected chi connectivity index (χ3v) is 12.1. The van der Waals surface area contributed by atoms with Crippen molar-refractivity contribution in [2.75, 3.05) is 19.8 Å². The Labute approximate surface area is 201 Å². The average molecular weight is 468 g/mol. The van der Waals surface area contributed by atoms with Gasteiger partial charge in [-0.15, -0.1) is 0 Å². The number of hydrogen-bond donors (Lipinski definition) is 0. The highest BCUT2D eigenvalue weighted by Gasteiger charge is 2.37. The van der Waals surface area contributed by atoms with E-state index in [1.165, 1.54) is 40.3 Å². The van der Waals surface area contributed by atoms with Crippen molar-refractivity contribution in [3.8, 4) is 0 Å². The van der Waals surface area contributed by atoms with Crippen molar-refractivity contribution in [3.05, 3.63) is 121 Å². The molecule has 1 unspecified atom stereocenters. The molecule has 0 amide bonds. The van der Waals surface area contributed by atoms with Crippen molar-refractivity contribution in [3.63, 3.8) is 0 Å². The molecular weight excluding hydrogens is 436 g/mol. The van der Waals surface area contributed by atoms with Gasteiger partial charge in [-0.25, -0.2) is 0 Å². The summed E-state index contributed by atoms with van der Waals surface area (Å²) in [5.74, 6) is 0. The Morgan fingerprint density at radius 3 is 1.42 bits per heavy atom. The molecule has 166 valence electrons. The molecule has 0 spiro atoms. The van der Waals surface area contributed by atoms with Gasteiger partial charge in [-0.1, -0.05) is 121 Å². The van der Waals surface area contributed by atoms with Crippen LogP contribution in [0, 0.1) is 0 Å². The maximum Gasteiger partial charge on any atom is 0.0144 e. The number of hydrogen-bond acceptors (Lipinski definition) is 1. The monoisotopic (exact) mass is 467 g/mol. The predicted octanol–water partition coefficient (Wildman–Crippen LogP) is 5.32. The minimum absolute atomic E-state index is 0.370. The second kappa shape index (κ2) is 10.8. The van der Waals surface area contributed by atoms with E-state index in [0.717, 1.165) is 0 Å². The quantitative estimate of drug-likeness (QED) is 0.333. The van der Waals surface area contributed by atoms with Crippen molar-refractivity contribution >= 4 is 37.1 Å². The molecule has 0 radical (unpaired) electrons. The van der Waals surface area contributed by atoms with Crippen molar-refractivity contribution in [1.82, 2.24) is 4.90 Å². The molecule has 5 rings (SSSR count). The number of rotatable bonds is 7. The van der Waals surface area contributed by atoms with Crippen LogP contribution in [-0.4, -0.2) is 36.4 Å². The van der Waals surface area contributed by atoms with Crippen molar-refractivity contribution in [1.29, 1.82) is 0 Å². The molecule has 0 saturated carbocycles. The third kappa shape index (κ3) is 5.28. The van der Waals surface area contributed by atoms with E-state index in [-0.39, 0.29) is 15.8 Å². The molecule has 2 atom stereocenters. The van der Waals surface area contributed by atoms with Crippen molar-refractivity contribution < 1.29 is 0 Å². The van der Waals surface area contributed by atoms with Gasteiger partial charge in [-0.3, -0.25) is 0 Å². The molecule has 4 aromatic carbocycles. The minimum Gasteiger partial charge on any atom is -0.302 e. The van der Waals surface area contributed by atoms with Gasteiger partial charge in [-0.05, 0) is 56.7 Å². The molecule has 1 aliphatic rings. The van der Waals surface area contributed by atoms with Crippen LogP contribution in [0.5, 0.6) is 0 Å². The lowest BCUT2D eigenvalue weighted by atomic mass is 10.2. The second-order valence-corrected chi connectivity index (χ2v) is 13.6. The molecule has 0 aromatic heterocycles. The summed E-state index contributed by atoms with van der Waals surface area (Å²) >= 11 is 0. The van der Waals surface area contributed by atoms with Crippen LogP contribution in [-0.2, 0) is 0 Å². The van der Waals surface area contributed by atoms with E-state index in [4.69, 9.17) is 0 Å². The first kappa shape index (κ1) is 22.5. The maximum absolute atomic E-state index is 2.65. The predicted molar refractivity (Wildman–Crippen MR) is 148 cm³/mol. The zero-order chi connectivity index (χ0) is 22.5. The van der Waals surface area contributed by atoms with Gasteiger partial charge in [0.25, 0.3) is 0 Å². The first-order valence-corrected chi connectivity index (χ1v) is 14.7. The Hall–Kier alpha value is -2.30. The highest BCUT2D eigenvalue weighted by molar-refractivity contribution is 7.74. The summed E-state index contributed by atoms with van der Waals surface area (Å²) in [4.78, 5) is 2.65. The lowest BCUT2D eigenvalue weighted by molar-refractivity contribution is 0.334. The molecule has 1 nitrogen and oxygen atoms in total. The second-order valence-electron chi connectivity index (χ2n) is 8.81. The van der Waals surface area contributed by atoms with Crippen LogP contribution < -0.4 is 21.2 Å². The summed E-state index contributed by atoms with van der Waals surface area (Å²) < 4.78 is 0. The molecule has 1 saturated heterocycles. The van der Waals surface area contributed by atoms with E-state index in [2.05, 4.69) is 133 Å². The molecule has 0 bridgehead atoms. The van der Waals surface area contributed by atoms with Crippen LogP contribution in [0.25, 0.3) is 0 Å². The van der Waals surface area contributed by atoms with Crippen LogP contribution in [0.2, 0.25) is 0 Å². The van der Waals surface area contributed by atoms with E-state index < -0.39 is 0 Å². The lowest BCUT2D eigenvalue weighted by Crippen LogP contribution is -2.31. The van der Waals surface area contributed by atoms with Crippen molar-refractivity contribution in [2.24, 2.45) is 0 Å². The smallest absolute Gasteiger partial charge is 0.0144 e. The Balaban J connectivity index is 1.42. The molecule has 1 fully saturated rings. The van der Waals surface area contributed by atoms with Crippen LogP contribution >= 0.6 is 15.8 Å². The average Bonchev–Trinajstić information content (AvgIpc) is 3.24. The van der Waals surface area contributed by atoms with E-state index in [1.807, 2.05) is 0 Å². The summed E-state index contributed by atoms with van der Waals surface area (Å²) in [6.07, 6.45) is 2.49. The first-order chi connectivity index (χ1) is 16.3. The van der Waals surface area contributed by atoms with Gasteiger partial charge in [0.2, 0.25) is 0 Å². The Morgan fingerprint density at radius 2 is 1.00 bits per heavy atom. The molecular formula is C30H31NP2. The number of benzene rings is 4. The van der Waals surface area contributed by atoms with Gasteiger partial charge in [-0.2, -0.15) is 0 Å². The largest absolute Gasteiger partial charge is 0.302 e. The third-order valence-electron chi connectivity index (χ3n) is 6.63. The number of likely N-dealkylation sites (tertiary alicyclic amines) is 1. The summed E-state index contributed by atoms with van der Waals surface area (Å²) in [6.45, 7) is 1.17. The van der Waals surface area contributed by atoms with Gasteiger partial charge in [0.15, 0.2) is 0 Å². The highest BCUT2D eigenvalue weighted by Crippen LogP contribution is 2.47. The number of nitrogens with zero attached hydrogens (tertiary/aromatic N) is 1. The molecule has 0 aliphatic carbocycles. The zero-order valence-electron chi connectivity index (χ0n) is 19.2. The minimum atomic E-state index is -0.373. The highest BCUT2D eigenvalue weighted by atomic mass is 31.1. The van der Waals surface area contributed by atoms with E-state index >= 15 is 0 Å². The zero-order valence-corrected chi connectivity index (χ0v) is 21.0. The van der Waals surface area contributed by atoms with Gasteiger partial charge in [0.1, 0.15) is 0 Å². The fourth-order valence-corrected chi connectivity index (χ4v) is 10.6. The fraction of sp³-hybridized carbons (Fsp3) is 0.200. The van der Waals surface area contributed by atoms with Gasteiger partial charge in [0.05, 0.1) is 0 Å². The first-order valence-electron chi connectivity index (χ1n) is 11.8. The van der Waals surface area contributed by atoms with Crippen LogP contribution in [0.4, 0.5) is 0 Å². The SMILES string of the molecule is CN1CC(P(c2ccccc2)c2ccccc2)C[C@H]1CP(c1ccccc1)c1ccccc1. The Morgan fingerprint density at radius 1 is 0.606 bits per heavy atom. The summed E-state index contributed by atoms with van der Waals surface area (Å²) in [5.41, 5.74) is 0.684. The molecule has 3 heteroatoms. The normalized spacial score (nSPS) is 18.8. The van der Waals surface area contributed by atoms with Crippen molar-refractivity contribution in [2.45, 2.75) is 18.1 Å². The Kier molecular flexibility index (Phi) is 7.33. The van der Waals surface area contributed by atoms with Gasteiger partial charge >= 0.3 is 0 Å². The standard InChI is InChI=1S/C30H31NP2/c1-31-23-30(33(28-18-10-4-11-19-28)29-20-12-5-13-21-29)22-25(31)24-32(26-14-6-2-7-15-26)27-16-8-3-9-17-27/h2-21,25,30H,22-24H2,1H3/t25-,30?/m0/s1. The van der Waals surface area contributed by atoms with E-state index in [0.29, 0.717) is 11.7 Å². The van der Waals surface area contributed by atoms with E-state index in [1.54, 1.807) is 0 Å². The van der Waals surface area contributed by atoms with E-state index in [9.17, 15) is 0 Å². The summed E-state index contributed by atoms with van der Waals surface area (Å²) in [7, 11) is 1.60. The Bertz CT molecular complexity index is 1040. The molecule has 33 heavy (non-hydrogen) atoms. The van der Waals surface area contributed by atoms with Gasteiger partial charge < -0.3 is 4.90 Å². The molecule has 1 aliphatic heterocycles. The lowest BCUT2D eigenvalue weighted by Gasteiger charge is -2.26. The summed E-state index contributed by atoms with van der Waals surface area (Å²) in [6, 6.07) is 45.4. The molecule has 0 N–H and O–H groups in total. The molecule has 4 aromatic rings. The van der Waals surface area contributed by atoms with Crippen LogP contribution in [0.15, 0.2) is 121 Å². The molecule has 1 heterocycles. The fourth-order valence-electron chi connectivity index (χ4n) is 4.99. The maximum atomic E-state index is 2.65. The van der Waals surface area contributed by atoms with Crippen LogP contribution in [0.3, 0.4) is 0 Å². The van der Waals surface area contributed by atoms with Gasteiger partial charge in [0, 0.05) is 18.2 Å². The van der Waals surface area contributed by atoms with Crippen LogP contribution in [0.1, 0.15) is 6.42 Å². The topological polar surface area (TPSA) is 3.24 Å². The summed E-state index contributed by atoms with van der Waals surface area (Å²) in [5, 5.41) is 5.99.